The highest BCUT2D eigenvalue weighted by Crippen LogP contribution is 2.17. The van der Waals surface area contributed by atoms with E-state index in [1.54, 1.807) is 21.9 Å². The van der Waals surface area contributed by atoms with Crippen molar-refractivity contribution >= 4 is 11.6 Å². The van der Waals surface area contributed by atoms with Crippen molar-refractivity contribution < 1.29 is 4.79 Å². The fourth-order valence-corrected chi connectivity index (χ4v) is 2.77. The first-order valence-corrected chi connectivity index (χ1v) is 8.09. The molecule has 8 nitrogen and oxygen atoms in total. The fraction of sp³-hybridized carbons (Fsp3) is 0.111. The third kappa shape index (κ3) is 3.12. The van der Waals surface area contributed by atoms with Crippen LogP contribution in [0, 0.1) is 0 Å². The number of nitrogens with zero attached hydrogens (tertiary/aromatic N) is 6. The summed E-state index contributed by atoms with van der Waals surface area (Å²) in [7, 11) is 1.81. The van der Waals surface area contributed by atoms with Crippen LogP contribution in [0.15, 0.2) is 67.6 Å². The van der Waals surface area contributed by atoms with E-state index in [9.17, 15) is 4.79 Å². The number of nitrogens with one attached hydrogen (secondary N) is 1. The van der Waals surface area contributed by atoms with Crippen LogP contribution in [-0.2, 0) is 13.6 Å². The van der Waals surface area contributed by atoms with Crippen molar-refractivity contribution in [3.63, 3.8) is 0 Å². The summed E-state index contributed by atoms with van der Waals surface area (Å²) in [5.74, 6) is 0.515. The molecule has 0 atom stereocenters. The number of carbonyl (C=O) groups is 1. The maximum absolute atomic E-state index is 12.7. The normalized spacial score (nSPS) is 10.8. The molecule has 130 valence electrons. The van der Waals surface area contributed by atoms with Gasteiger partial charge in [-0.15, -0.1) is 0 Å². The van der Waals surface area contributed by atoms with E-state index in [0.717, 1.165) is 17.1 Å². The molecule has 0 aliphatic carbocycles. The maximum atomic E-state index is 12.7. The molecule has 0 aliphatic heterocycles. The van der Waals surface area contributed by atoms with Crippen molar-refractivity contribution in [3.05, 3.63) is 78.8 Å². The SMILES string of the molecule is Cn1ncc(C(=O)Nc2ccc(Cn3cncn3)cc2)c1-n1cccc1. The van der Waals surface area contributed by atoms with E-state index < -0.39 is 0 Å². The predicted octanol–water partition coefficient (Wildman–Crippen LogP) is 2.10. The van der Waals surface area contributed by atoms with E-state index in [0.29, 0.717) is 12.1 Å². The zero-order valence-electron chi connectivity index (χ0n) is 14.1. The minimum absolute atomic E-state index is 0.203. The lowest BCUT2D eigenvalue weighted by atomic mass is 10.2. The lowest BCUT2D eigenvalue weighted by Crippen LogP contribution is -2.15. The monoisotopic (exact) mass is 347 g/mol. The van der Waals surface area contributed by atoms with Crippen molar-refractivity contribution in [2.24, 2.45) is 7.05 Å². The molecule has 1 amide bonds. The number of aryl methyl sites for hydroxylation is 1. The summed E-state index contributed by atoms with van der Waals surface area (Å²) in [6.45, 7) is 0.634. The Balaban J connectivity index is 1.50. The first-order chi connectivity index (χ1) is 12.7. The first kappa shape index (κ1) is 15.8. The van der Waals surface area contributed by atoms with Crippen LogP contribution in [0.4, 0.5) is 5.69 Å². The van der Waals surface area contributed by atoms with Crippen LogP contribution in [-0.4, -0.2) is 35.0 Å². The van der Waals surface area contributed by atoms with E-state index in [-0.39, 0.29) is 5.91 Å². The van der Waals surface area contributed by atoms with Gasteiger partial charge in [0, 0.05) is 25.1 Å². The van der Waals surface area contributed by atoms with Crippen LogP contribution < -0.4 is 5.32 Å². The van der Waals surface area contributed by atoms with Gasteiger partial charge in [0.1, 0.15) is 24.0 Å². The molecule has 0 unspecified atom stereocenters. The van der Waals surface area contributed by atoms with Gasteiger partial charge < -0.3 is 9.88 Å². The lowest BCUT2D eigenvalue weighted by Gasteiger charge is -2.09. The summed E-state index contributed by atoms with van der Waals surface area (Å²) in [4.78, 5) is 16.6. The van der Waals surface area contributed by atoms with Crippen LogP contribution in [0.1, 0.15) is 15.9 Å². The number of aromatic nitrogens is 6. The highest BCUT2D eigenvalue weighted by atomic mass is 16.1. The average molecular weight is 347 g/mol. The Morgan fingerprint density at radius 2 is 1.88 bits per heavy atom. The number of anilines is 1. The molecule has 1 N–H and O–H groups in total. The summed E-state index contributed by atoms with van der Waals surface area (Å²) < 4.78 is 5.28. The van der Waals surface area contributed by atoms with Crippen molar-refractivity contribution in [1.29, 1.82) is 0 Å². The summed E-state index contributed by atoms with van der Waals surface area (Å²) in [6.07, 6.45) is 8.51. The molecule has 0 saturated carbocycles. The Bertz CT molecular complexity index is 999. The third-order valence-corrected chi connectivity index (χ3v) is 4.02. The summed E-state index contributed by atoms with van der Waals surface area (Å²) in [5.41, 5.74) is 2.30. The standard InChI is InChI=1S/C18H17N7O/c1-23-18(24-8-2-3-9-24)16(10-20-23)17(26)22-15-6-4-14(5-7-15)11-25-13-19-12-21-25/h2-10,12-13H,11H2,1H3,(H,22,26). The van der Waals surface area contributed by atoms with Gasteiger partial charge in [0.2, 0.25) is 0 Å². The zero-order valence-corrected chi connectivity index (χ0v) is 14.1. The highest BCUT2D eigenvalue weighted by Gasteiger charge is 2.17. The Morgan fingerprint density at radius 3 is 2.58 bits per heavy atom. The molecule has 8 heteroatoms. The summed E-state index contributed by atoms with van der Waals surface area (Å²) >= 11 is 0. The van der Waals surface area contributed by atoms with Crippen molar-refractivity contribution in [3.8, 4) is 5.82 Å². The average Bonchev–Trinajstić information content (AvgIpc) is 3.38. The second-order valence-corrected chi connectivity index (χ2v) is 5.84. The Kier molecular flexibility index (Phi) is 4.06. The van der Waals surface area contributed by atoms with Gasteiger partial charge in [-0.1, -0.05) is 12.1 Å². The van der Waals surface area contributed by atoms with Crippen LogP contribution in [0.3, 0.4) is 0 Å². The van der Waals surface area contributed by atoms with E-state index in [1.165, 1.54) is 6.33 Å². The second-order valence-electron chi connectivity index (χ2n) is 5.84. The minimum Gasteiger partial charge on any atom is -0.322 e. The predicted molar refractivity (Wildman–Crippen MR) is 96.1 cm³/mol. The van der Waals surface area contributed by atoms with Crippen LogP contribution >= 0.6 is 0 Å². The second kappa shape index (κ2) is 6.67. The van der Waals surface area contributed by atoms with Gasteiger partial charge in [-0.05, 0) is 29.8 Å². The van der Waals surface area contributed by atoms with Gasteiger partial charge >= 0.3 is 0 Å². The van der Waals surface area contributed by atoms with Crippen LogP contribution in [0.5, 0.6) is 0 Å². The smallest absolute Gasteiger partial charge is 0.261 e. The Morgan fingerprint density at radius 1 is 1.12 bits per heavy atom. The molecule has 26 heavy (non-hydrogen) atoms. The van der Waals surface area contributed by atoms with Gasteiger partial charge in [-0.2, -0.15) is 10.2 Å². The van der Waals surface area contributed by atoms with E-state index in [1.807, 2.05) is 60.4 Å². The molecule has 0 spiro atoms. The van der Waals surface area contributed by atoms with Gasteiger partial charge in [-0.3, -0.25) is 9.48 Å². The number of amides is 1. The molecule has 0 aliphatic rings. The molecule has 0 bridgehead atoms. The van der Waals surface area contributed by atoms with Gasteiger partial charge in [0.15, 0.2) is 0 Å². The lowest BCUT2D eigenvalue weighted by molar-refractivity contribution is 0.102. The number of rotatable bonds is 5. The van der Waals surface area contributed by atoms with Crippen molar-refractivity contribution in [2.75, 3.05) is 5.32 Å². The number of hydrogen-bond donors (Lipinski definition) is 1. The topological polar surface area (TPSA) is 82.6 Å². The molecule has 0 fully saturated rings. The van der Waals surface area contributed by atoms with Gasteiger partial charge in [-0.25, -0.2) is 9.67 Å². The molecule has 0 radical (unpaired) electrons. The maximum Gasteiger partial charge on any atom is 0.261 e. The van der Waals surface area contributed by atoms with E-state index in [4.69, 9.17) is 0 Å². The van der Waals surface area contributed by atoms with Crippen LogP contribution in [0.2, 0.25) is 0 Å². The first-order valence-electron chi connectivity index (χ1n) is 8.09. The fourth-order valence-electron chi connectivity index (χ4n) is 2.77. The van der Waals surface area contributed by atoms with Crippen LogP contribution in [0.25, 0.3) is 5.82 Å². The molecule has 4 aromatic rings. The van der Waals surface area contributed by atoms with Gasteiger partial charge in [0.25, 0.3) is 5.91 Å². The summed E-state index contributed by atoms with van der Waals surface area (Å²) in [6, 6.07) is 11.5. The highest BCUT2D eigenvalue weighted by molar-refractivity contribution is 6.06. The summed E-state index contributed by atoms with van der Waals surface area (Å²) in [5, 5.41) is 11.2. The molecule has 1 aromatic carbocycles. The molecular weight excluding hydrogens is 330 g/mol. The van der Waals surface area contributed by atoms with E-state index in [2.05, 4.69) is 20.5 Å². The number of benzene rings is 1. The molecule has 3 heterocycles. The third-order valence-electron chi connectivity index (χ3n) is 4.02. The molecular formula is C18H17N7O. The Labute approximate surface area is 149 Å². The molecule has 4 rings (SSSR count). The van der Waals surface area contributed by atoms with E-state index >= 15 is 0 Å². The minimum atomic E-state index is -0.203. The molecule has 3 aromatic heterocycles. The Hall–Kier alpha value is -3.68. The zero-order chi connectivity index (χ0) is 17.9. The number of hydrogen-bond acceptors (Lipinski definition) is 4. The van der Waals surface area contributed by atoms with Crippen molar-refractivity contribution in [2.45, 2.75) is 6.54 Å². The largest absolute Gasteiger partial charge is 0.322 e. The van der Waals surface area contributed by atoms with Gasteiger partial charge in [0.05, 0.1) is 12.7 Å². The number of carbonyl (C=O) groups excluding carboxylic acids is 1. The quantitative estimate of drug-likeness (QED) is 0.599. The van der Waals surface area contributed by atoms with Crippen molar-refractivity contribution in [1.82, 2.24) is 29.1 Å². The molecule has 0 saturated heterocycles.